The van der Waals surface area contributed by atoms with Gasteiger partial charge in [-0.3, -0.25) is 0 Å². The second-order valence-electron chi connectivity index (χ2n) is 7.81. The average Bonchev–Trinajstić information content (AvgIpc) is 2.72. The quantitative estimate of drug-likeness (QED) is 0.471. The molecule has 2 N–H and O–H groups in total. The van der Waals surface area contributed by atoms with Gasteiger partial charge in [-0.25, -0.2) is 9.18 Å². The van der Waals surface area contributed by atoms with Gasteiger partial charge in [-0.05, 0) is 67.8 Å². The first-order chi connectivity index (χ1) is 14.7. The minimum atomic E-state index is -1.31. The largest absolute Gasteiger partial charge is 0.489 e. The Morgan fingerprint density at radius 1 is 1.03 bits per heavy atom. The fourth-order valence-corrected chi connectivity index (χ4v) is 2.94. The Bertz CT molecular complexity index is 1050. The summed E-state index contributed by atoms with van der Waals surface area (Å²) in [6.45, 7) is 5.96. The summed E-state index contributed by atoms with van der Waals surface area (Å²) < 4.78 is 24.4. The molecule has 3 aromatic rings. The smallest absolute Gasteiger partial charge is 0.347 e. The molecular formula is C25H26FNO4. The molecule has 0 unspecified atom stereocenters. The molecular weight excluding hydrogens is 397 g/mol. The second-order valence-corrected chi connectivity index (χ2v) is 7.81. The van der Waals surface area contributed by atoms with Gasteiger partial charge in [0.1, 0.15) is 23.9 Å². The van der Waals surface area contributed by atoms with Crippen LogP contribution >= 0.6 is 0 Å². The highest BCUT2D eigenvalue weighted by atomic mass is 19.1. The molecule has 0 saturated heterocycles. The monoisotopic (exact) mass is 423 g/mol. The fraction of sp³-hybridized carbons (Fsp3) is 0.240. The van der Waals surface area contributed by atoms with Crippen molar-refractivity contribution in [1.29, 1.82) is 0 Å². The maximum Gasteiger partial charge on any atom is 0.347 e. The molecule has 0 aliphatic heterocycles. The molecule has 162 valence electrons. The molecule has 0 amide bonds. The van der Waals surface area contributed by atoms with E-state index in [0.29, 0.717) is 18.9 Å². The summed E-state index contributed by atoms with van der Waals surface area (Å²) in [6, 6.07) is 19.4. The van der Waals surface area contributed by atoms with Crippen LogP contribution in [0.1, 0.15) is 30.5 Å². The Morgan fingerprint density at radius 3 is 2.42 bits per heavy atom. The van der Waals surface area contributed by atoms with Gasteiger partial charge in [0.05, 0.1) is 0 Å². The van der Waals surface area contributed by atoms with Crippen LogP contribution in [-0.2, 0) is 17.9 Å². The minimum Gasteiger partial charge on any atom is -0.489 e. The zero-order valence-electron chi connectivity index (χ0n) is 17.8. The van der Waals surface area contributed by atoms with Crippen molar-refractivity contribution in [2.24, 2.45) is 0 Å². The van der Waals surface area contributed by atoms with Crippen molar-refractivity contribution < 1.29 is 23.8 Å². The van der Waals surface area contributed by atoms with Crippen LogP contribution in [-0.4, -0.2) is 16.7 Å². The Morgan fingerprint density at radius 2 is 1.74 bits per heavy atom. The van der Waals surface area contributed by atoms with Gasteiger partial charge in [-0.15, -0.1) is 0 Å². The van der Waals surface area contributed by atoms with Crippen LogP contribution in [0.4, 0.5) is 10.1 Å². The lowest BCUT2D eigenvalue weighted by Crippen LogP contribution is -2.37. The van der Waals surface area contributed by atoms with E-state index < -0.39 is 11.6 Å². The highest BCUT2D eigenvalue weighted by Crippen LogP contribution is 2.24. The van der Waals surface area contributed by atoms with Gasteiger partial charge in [0, 0.05) is 18.3 Å². The molecule has 6 heteroatoms. The molecule has 0 heterocycles. The van der Waals surface area contributed by atoms with Gasteiger partial charge < -0.3 is 19.9 Å². The standard InChI is InChI=1S/C25H26FNO4/c1-17-13-19(9-12-23(17)30-16-18-7-10-20(26)11-8-18)15-27-21-5-4-6-22(14-21)31-25(2,3)24(28)29/h4-14,27H,15-16H2,1-3H3,(H,28,29). The van der Waals surface area contributed by atoms with E-state index in [1.165, 1.54) is 26.0 Å². The highest BCUT2D eigenvalue weighted by Gasteiger charge is 2.29. The Kier molecular flexibility index (Phi) is 6.80. The van der Waals surface area contributed by atoms with Gasteiger partial charge in [0.2, 0.25) is 0 Å². The van der Waals surface area contributed by atoms with Crippen molar-refractivity contribution in [2.45, 2.75) is 39.5 Å². The maximum absolute atomic E-state index is 13.0. The van der Waals surface area contributed by atoms with Crippen LogP contribution in [0.25, 0.3) is 0 Å². The second kappa shape index (κ2) is 9.51. The number of hydrogen-bond acceptors (Lipinski definition) is 4. The number of ether oxygens (including phenoxy) is 2. The maximum atomic E-state index is 13.0. The SMILES string of the molecule is Cc1cc(CNc2cccc(OC(C)(C)C(=O)O)c2)ccc1OCc1ccc(F)cc1. The summed E-state index contributed by atoms with van der Waals surface area (Å²) >= 11 is 0. The Labute approximate surface area is 181 Å². The number of anilines is 1. The lowest BCUT2D eigenvalue weighted by molar-refractivity contribution is -0.152. The third-order valence-corrected chi connectivity index (χ3v) is 4.77. The molecule has 0 spiro atoms. The fourth-order valence-electron chi connectivity index (χ4n) is 2.94. The van der Waals surface area contributed by atoms with Crippen molar-refractivity contribution in [3.63, 3.8) is 0 Å². The summed E-state index contributed by atoms with van der Waals surface area (Å²) in [7, 11) is 0. The van der Waals surface area contributed by atoms with E-state index in [-0.39, 0.29) is 5.82 Å². The number of benzene rings is 3. The van der Waals surface area contributed by atoms with Gasteiger partial charge >= 0.3 is 5.97 Å². The van der Waals surface area contributed by atoms with Crippen LogP contribution in [0.2, 0.25) is 0 Å². The number of carbonyl (C=O) groups is 1. The highest BCUT2D eigenvalue weighted by molar-refractivity contribution is 5.76. The molecule has 0 bridgehead atoms. The van der Waals surface area contributed by atoms with Gasteiger partial charge in [0.15, 0.2) is 5.60 Å². The molecule has 0 saturated carbocycles. The first-order valence-corrected chi connectivity index (χ1v) is 9.96. The van der Waals surface area contributed by atoms with E-state index in [1.54, 1.807) is 24.3 Å². The number of aryl methyl sites for hydroxylation is 1. The van der Waals surface area contributed by atoms with Crippen LogP contribution in [0, 0.1) is 12.7 Å². The minimum absolute atomic E-state index is 0.264. The number of carboxylic acid groups (broad SMARTS) is 1. The van der Waals surface area contributed by atoms with E-state index in [4.69, 9.17) is 9.47 Å². The first-order valence-electron chi connectivity index (χ1n) is 9.96. The van der Waals surface area contributed by atoms with E-state index >= 15 is 0 Å². The molecule has 0 aromatic heterocycles. The van der Waals surface area contributed by atoms with Crippen molar-refractivity contribution >= 4 is 11.7 Å². The zero-order chi connectivity index (χ0) is 22.4. The number of aliphatic carboxylic acids is 1. The Hall–Kier alpha value is -3.54. The summed E-state index contributed by atoms with van der Waals surface area (Å²) in [6.07, 6.45) is 0. The molecule has 5 nitrogen and oxygen atoms in total. The number of nitrogens with one attached hydrogen (secondary N) is 1. The van der Waals surface area contributed by atoms with Crippen LogP contribution < -0.4 is 14.8 Å². The van der Waals surface area contributed by atoms with Gasteiger partial charge in [-0.2, -0.15) is 0 Å². The van der Waals surface area contributed by atoms with Crippen LogP contribution in [0.15, 0.2) is 66.7 Å². The third-order valence-electron chi connectivity index (χ3n) is 4.77. The lowest BCUT2D eigenvalue weighted by atomic mass is 10.1. The third kappa shape index (κ3) is 6.22. The molecule has 0 radical (unpaired) electrons. The van der Waals surface area contributed by atoms with E-state index in [2.05, 4.69) is 5.32 Å². The first kappa shape index (κ1) is 22.2. The summed E-state index contributed by atoms with van der Waals surface area (Å²) in [5.41, 5.74) is 2.50. The number of carboxylic acids is 1. The van der Waals surface area contributed by atoms with Crippen LogP contribution in [0.3, 0.4) is 0 Å². The van der Waals surface area contributed by atoms with Gasteiger partial charge in [0.25, 0.3) is 0 Å². The summed E-state index contributed by atoms with van der Waals surface area (Å²) in [5, 5.41) is 12.5. The van der Waals surface area contributed by atoms with Crippen molar-refractivity contribution in [1.82, 2.24) is 0 Å². The molecule has 3 aromatic carbocycles. The van der Waals surface area contributed by atoms with Crippen LogP contribution in [0.5, 0.6) is 11.5 Å². The zero-order valence-corrected chi connectivity index (χ0v) is 17.8. The molecule has 0 aliphatic rings. The predicted octanol–water partition coefficient (Wildman–Crippen LogP) is 5.57. The van der Waals surface area contributed by atoms with Crippen molar-refractivity contribution in [2.75, 3.05) is 5.32 Å². The summed E-state index contributed by atoms with van der Waals surface area (Å²) in [4.78, 5) is 11.3. The molecule has 0 atom stereocenters. The molecule has 0 fully saturated rings. The number of halogens is 1. The lowest BCUT2D eigenvalue weighted by Gasteiger charge is -2.22. The van der Waals surface area contributed by atoms with Gasteiger partial charge in [-0.1, -0.05) is 30.3 Å². The number of hydrogen-bond donors (Lipinski definition) is 2. The summed E-state index contributed by atoms with van der Waals surface area (Å²) in [5.74, 6) is -0.0277. The predicted molar refractivity (Wildman–Crippen MR) is 118 cm³/mol. The van der Waals surface area contributed by atoms with Crippen molar-refractivity contribution in [3.8, 4) is 11.5 Å². The normalized spacial score (nSPS) is 11.1. The van der Waals surface area contributed by atoms with E-state index in [1.807, 2.05) is 37.3 Å². The van der Waals surface area contributed by atoms with E-state index in [9.17, 15) is 14.3 Å². The molecule has 31 heavy (non-hydrogen) atoms. The topological polar surface area (TPSA) is 67.8 Å². The number of rotatable bonds is 9. The molecule has 3 rings (SSSR count). The van der Waals surface area contributed by atoms with Crippen molar-refractivity contribution in [3.05, 3.63) is 89.2 Å². The van der Waals surface area contributed by atoms with E-state index in [0.717, 1.165) is 28.1 Å². The average molecular weight is 423 g/mol. The Balaban J connectivity index is 1.58. The molecule has 0 aliphatic carbocycles.